The summed E-state index contributed by atoms with van der Waals surface area (Å²) >= 11 is 6.45. The summed E-state index contributed by atoms with van der Waals surface area (Å²) in [6, 6.07) is 18.3. The third-order valence-corrected chi connectivity index (χ3v) is 5.13. The van der Waals surface area contributed by atoms with Crippen LogP contribution in [0.2, 0.25) is 5.02 Å². The van der Waals surface area contributed by atoms with Gasteiger partial charge in [-0.1, -0.05) is 29.3 Å². The first kappa shape index (κ1) is 25.3. The van der Waals surface area contributed by atoms with Crippen molar-refractivity contribution in [2.24, 2.45) is 0 Å². The van der Waals surface area contributed by atoms with E-state index in [2.05, 4.69) is 5.32 Å². The average Bonchev–Trinajstić information content (AvgIpc) is 2.83. The van der Waals surface area contributed by atoms with Crippen molar-refractivity contribution in [2.75, 3.05) is 11.9 Å². The minimum atomic E-state index is -0.552. The number of nitro benzene ring substituents is 1. The Morgan fingerprint density at radius 2 is 1.83 bits per heavy atom. The molecule has 0 aliphatic rings. The summed E-state index contributed by atoms with van der Waals surface area (Å²) in [5.74, 6) is 0.0694. The molecule has 3 aromatic rings. The molecule has 0 aliphatic heterocycles. The van der Waals surface area contributed by atoms with E-state index in [4.69, 9.17) is 21.1 Å². The van der Waals surface area contributed by atoms with Crippen LogP contribution >= 0.6 is 11.6 Å². The Hall–Kier alpha value is -4.35. The zero-order valence-corrected chi connectivity index (χ0v) is 19.8. The maximum atomic E-state index is 12.6. The number of halogens is 1. The normalized spacial score (nSPS) is 10.9. The number of amides is 1. The largest absolute Gasteiger partial charge is 0.490 e. The quantitative estimate of drug-likeness (QED) is 0.168. The highest BCUT2D eigenvalue weighted by molar-refractivity contribution is 6.32. The molecule has 35 heavy (non-hydrogen) atoms. The number of carbonyl (C=O) groups excluding carboxylic acids is 1. The van der Waals surface area contributed by atoms with Crippen LogP contribution in [0, 0.1) is 28.4 Å². The molecule has 0 bridgehead atoms. The highest BCUT2D eigenvalue weighted by Crippen LogP contribution is 2.38. The molecule has 0 radical (unpaired) electrons. The van der Waals surface area contributed by atoms with Crippen LogP contribution in [-0.2, 0) is 11.4 Å². The standard InChI is InChI=1S/C26H22ClN3O5/c1-3-34-24-14-19(12-20(15-28)26(31)29-21-8-4-17(2)5-9-21)13-23(27)25(24)35-16-18-6-10-22(11-7-18)30(32)33/h4-14H,3,16H2,1-2H3,(H,29,31)/b20-12+. The van der Waals surface area contributed by atoms with Crippen molar-refractivity contribution in [2.45, 2.75) is 20.5 Å². The van der Waals surface area contributed by atoms with Gasteiger partial charge in [-0.05, 0) is 67.4 Å². The van der Waals surface area contributed by atoms with Gasteiger partial charge in [-0.25, -0.2) is 0 Å². The number of nitriles is 1. The lowest BCUT2D eigenvalue weighted by molar-refractivity contribution is -0.384. The Kier molecular flexibility index (Phi) is 8.43. The fourth-order valence-corrected chi connectivity index (χ4v) is 3.37. The van der Waals surface area contributed by atoms with E-state index in [1.54, 1.807) is 43.3 Å². The monoisotopic (exact) mass is 491 g/mol. The number of hydrogen-bond donors (Lipinski definition) is 1. The number of benzene rings is 3. The number of nitro groups is 1. The van der Waals surface area contributed by atoms with Gasteiger partial charge in [-0.15, -0.1) is 0 Å². The van der Waals surface area contributed by atoms with Gasteiger partial charge in [0.1, 0.15) is 18.2 Å². The van der Waals surface area contributed by atoms with E-state index in [1.807, 2.05) is 25.1 Å². The first-order valence-electron chi connectivity index (χ1n) is 10.6. The van der Waals surface area contributed by atoms with E-state index in [0.29, 0.717) is 29.2 Å². The molecule has 178 valence electrons. The van der Waals surface area contributed by atoms with Crippen molar-refractivity contribution in [3.8, 4) is 17.6 Å². The summed E-state index contributed by atoms with van der Waals surface area (Å²) < 4.78 is 11.5. The van der Waals surface area contributed by atoms with Crippen molar-refractivity contribution < 1.29 is 19.2 Å². The van der Waals surface area contributed by atoms with Crippen molar-refractivity contribution >= 4 is 35.0 Å². The molecule has 1 amide bonds. The molecule has 0 atom stereocenters. The molecular weight excluding hydrogens is 470 g/mol. The highest BCUT2D eigenvalue weighted by atomic mass is 35.5. The molecular formula is C26H22ClN3O5. The fraction of sp³-hybridized carbons (Fsp3) is 0.154. The summed E-state index contributed by atoms with van der Waals surface area (Å²) in [5.41, 5.74) is 2.69. The average molecular weight is 492 g/mol. The SMILES string of the molecule is CCOc1cc(/C=C(\C#N)C(=O)Nc2ccc(C)cc2)cc(Cl)c1OCc1ccc([N+](=O)[O-])cc1. The Bertz CT molecular complexity index is 1300. The van der Waals surface area contributed by atoms with Crippen LogP contribution in [0.15, 0.2) is 66.2 Å². The molecule has 3 aromatic carbocycles. The second-order valence-electron chi connectivity index (χ2n) is 7.47. The summed E-state index contributed by atoms with van der Waals surface area (Å²) in [4.78, 5) is 22.9. The van der Waals surface area contributed by atoms with E-state index in [0.717, 1.165) is 5.56 Å². The van der Waals surface area contributed by atoms with Gasteiger partial charge in [-0.3, -0.25) is 14.9 Å². The molecule has 9 heteroatoms. The van der Waals surface area contributed by atoms with Gasteiger partial charge < -0.3 is 14.8 Å². The predicted octanol–water partition coefficient (Wildman–Crippen LogP) is 6.08. The minimum Gasteiger partial charge on any atom is -0.490 e. The lowest BCUT2D eigenvalue weighted by atomic mass is 10.1. The Morgan fingerprint density at radius 3 is 2.43 bits per heavy atom. The topological polar surface area (TPSA) is 114 Å². The molecule has 1 N–H and O–H groups in total. The Balaban J connectivity index is 1.81. The smallest absolute Gasteiger partial charge is 0.269 e. The molecule has 0 aliphatic carbocycles. The second-order valence-corrected chi connectivity index (χ2v) is 7.87. The van der Waals surface area contributed by atoms with Crippen LogP contribution in [0.25, 0.3) is 6.08 Å². The Morgan fingerprint density at radius 1 is 1.14 bits per heavy atom. The first-order valence-corrected chi connectivity index (χ1v) is 11.0. The van der Waals surface area contributed by atoms with Crippen molar-refractivity contribution in [3.63, 3.8) is 0 Å². The molecule has 0 unspecified atom stereocenters. The summed E-state index contributed by atoms with van der Waals surface area (Å²) in [6.45, 7) is 4.17. The Labute approximate surface area is 207 Å². The van der Waals surface area contributed by atoms with Crippen molar-refractivity contribution in [3.05, 3.63) is 98.1 Å². The summed E-state index contributed by atoms with van der Waals surface area (Å²) in [6.07, 6.45) is 1.41. The number of anilines is 1. The lowest BCUT2D eigenvalue weighted by Gasteiger charge is -2.15. The van der Waals surface area contributed by atoms with Crippen LogP contribution in [0.1, 0.15) is 23.6 Å². The number of nitrogens with zero attached hydrogens (tertiary/aromatic N) is 2. The van der Waals surface area contributed by atoms with Gasteiger partial charge in [0.05, 0.1) is 16.6 Å². The van der Waals surface area contributed by atoms with E-state index in [-0.39, 0.29) is 28.6 Å². The number of carbonyl (C=O) groups is 1. The van der Waals surface area contributed by atoms with Crippen LogP contribution in [-0.4, -0.2) is 17.4 Å². The molecule has 0 heterocycles. The zero-order chi connectivity index (χ0) is 25.4. The number of hydrogen-bond acceptors (Lipinski definition) is 6. The number of aryl methyl sites for hydroxylation is 1. The fourth-order valence-electron chi connectivity index (χ4n) is 3.09. The molecule has 3 rings (SSSR count). The van der Waals surface area contributed by atoms with Crippen LogP contribution in [0.3, 0.4) is 0 Å². The van der Waals surface area contributed by atoms with Gasteiger partial charge in [0.25, 0.3) is 11.6 Å². The third-order valence-electron chi connectivity index (χ3n) is 4.85. The van der Waals surface area contributed by atoms with Gasteiger partial charge in [0.15, 0.2) is 11.5 Å². The van der Waals surface area contributed by atoms with Crippen LogP contribution in [0.5, 0.6) is 11.5 Å². The first-order chi connectivity index (χ1) is 16.8. The predicted molar refractivity (Wildman–Crippen MR) is 133 cm³/mol. The molecule has 0 saturated heterocycles. The van der Waals surface area contributed by atoms with Crippen molar-refractivity contribution in [1.82, 2.24) is 0 Å². The maximum Gasteiger partial charge on any atom is 0.269 e. The van der Waals surface area contributed by atoms with Crippen molar-refractivity contribution in [1.29, 1.82) is 5.26 Å². The highest BCUT2D eigenvalue weighted by Gasteiger charge is 2.15. The number of rotatable bonds is 9. The number of ether oxygens (including phenoxy) is 2. The molecule has 8 nitrogen and oxygen atoms in total. The molecule has 0 fully saturated rings. The van der Waals surface area contributed by atoms with E-state index >= 15 is 0 Å². The van der Waals surface area contributed by atoms with Crippen LogP contribution in [0.4, 0.5) is 11.4 Å². The van der Waals surface area contributed by atoms with Crippen LogP contribution < -0.4 is 14.8 Å². The lowest BCUT2D eigenvalue weighted by Crippen LogP contribution is -2.13. The van der Waals surface area contributed by atoms with E-state index in [1.165, 1.54) is 18.2 Å². The molecule has 0 spiro atoms. The van der Waals surface area contributed by atoms with Gasteiger partial charge >= 0.3 is 0 Å². The van der Waals surface area contributed by atoms with E-state index in [9.17, 15) is 20.2 Å². The van der Waals surface area contributed by atoms with Gasteiger partial charge in [-0.2, -0.15) is 5.26 Å². The maximum absolute atomic E-state index is 12.6. The van der Waals surface area contributed by atoms with Gasteiger partial charge in [0.2, 0.25) is 0 Å². The molecule has 0 saturated carbocycles. The van der Waals surface area contributed by atoms with E-state index < -0.39 is 10.8 Å². The molecule has 0 aromatic heterocycles. The minimum absolute atomic E-state index is 0.0161. The number of nitrogens with one attached hydrogen (secondary N) is 1. The van der Waals surface area contributed by atoms with Gasteiger partial charge in [0, 0.05) is 17.8 Å². The third kappa shape index (κ3) is 6.82. The summed E-state index contributed by atoms with van der Waals surface area (Å²) in [5, 5.41) is 23.3. The zero-order valence-electron chi connectivity index (χ0n) is 19.1. The number of non-ortho nitro benzene ring substituents is 1. The summed E-state index contributed by atoms with van der Waals surface area (Å²) in [7, 11) is 0. The second kappa shape index (κ2) is 11.7.